The monoisotopic (exact) mass is 360 g/mol. The first kappa shape index (κ1) is 17.6. The molecule has 6 nitrogen and oxygen atoms in total. The zero-order valence-electron chi connectivity index (χ0n) is 14.0. The second-order valence-electron chi connectivity index (χ2n) is 6.20. The third-order valence-corrected chi connectivity index (χ3v) is 4.75. The van der Waals surface area contributed by atoms with Crippen molar-refractivity contribution in [1.82, 2.24) is 15.3 Å². The number of nitrogens with two attached hydrogens (primary N) is 1. The van der Waals surface area contributed by atoms with Crippen molar-refractivity contribution in [2.45, 2.75) is 37.8 Å². The number of nitrogens with zero attached hydrogens (tertiary/aromatic N) is 2. The lowest BCUT2D eigenvalue weighted by Gasteiger charge is -2.26. The summed E-state index contributed by atoms with van der Waals surface area (Å²) < 4.78 is 5.31. The molecule has 2 aromatic rings. The third-order valence-electron chi connectivity index (χ3n) is 4.44. The summed E-state index contributed by atoms with van der Waals surface area (Å²) in [5.41, 5.74) is 6.92. The largest absolute Gasteiger partial charge is 0.496 e. The molecule has 3 N–H and O–H groups in total. The van der Waals surface area contributed by atoms with E-state index in [0.717, 1.165) is 25.7 Å². The molecule has 1 aliphatic rings. The standard InChI is InChI=1S/C18H21ClN4O2/c1-25-15-4-2-3-14(19)16(15)17-21-9-11(10-22-17)18(24)23-13-7-5-12(20)6-8-13/h2-4,9-10,12-13H,5-8,20H2,1H3,(H,23,24). The van der Waals surface area contributed by atoms with Crippen LogP contribution in [-0.4, -0.2) is 35.1 Å². The van der Waals surface area contributed by atoms with Crippen molar-refractivity contribution < 1.29 is 9.53 Å². The van der Waals surface area contributed by atoms with Crippen LogP contribution in [0.3, 0.4) is 0 Å². The Hall–Kier alpha value is -2.18. The molecule has 1 aliphatic carbocycles. The smallest absolute Gasteiger partial charge is 0.254 e. The van der Waals surface area contributed by atoms with Gasteiger partial charge in [-0.1, -0.05) is 17.7 Å². The van der Waals surface area contributed by atoms with Gasteiger partial charge in [-0.25, -0.2) is 9.97 Å². The van der Waals surface area contributed by atoms with Gasteiger partial charge in [-0.05, 0) is 37.8 Å². The molecular formula is C18H21ClN4O2. The Morgan fingerprint density at radius 1 is 1.24 bits per heavy atom. The van der Waals surface area contributed by atoms with E-state index < -0.39 is 0 Å². The van der Waals surface area contributed by atoms with Gasteiger partial charge >= 0.3 is 0 Å². The first-order valence-corrected chi connectivity index (χ1v) is 8.67. The van der Waals surface area contributed by atoms with Crippen molar-refractivity contribution in [2.75, 3.05) is 7.11 Å². The van der Waals surface area contributed by atoms with Crippen LogP contribution in [0.5, 0.6) is 5.75 Å². The Labute approximate surface area is 151 Å². The van der Waals surface area contributed by atoms with Crippen LogP contribution in [0.25, 0.3) is 11.4 Å². The van der Waals surface area contributed by atoms with Crippen molar-refractivity contribution in [2.24, 2.45) is 5.73 Å². The molecule has 1 amide bonds. The van der Waals surface area contributed by atoms with Crippen molar-refractivity contribution in [3.05, 3.63) is 41.2 Å². The number of hydrogen-bond acceptors (Lipinski definition) is 5. The zero-order chi connectivity index (χ0) is 17.8. The molecule has 1 heterocycles. The second-order valence-corrected chi connectivity index (χ2v) is 6.60. The fourth-order valence-corrected chi connectivity index (χ4v) is 3.25. The number of nitrogens with one attached hydrogen (secondary N) is 1. The molecule has 132 valence electrons. The quantitative estimate of drug-likeness (QED) is 0.874. The average Bonchev–Trinajstić information content (AvgIpc) is 2.63. The molecule has 3 rings (SSSR count). The number of amides is 1. The number of halogens is 1. The molecular weight excluding hydrogens is 340 g/mol. The summed E-state index contributed by atoms with van der Waals surface area (Å²) in [6, 6.07) is 5.75. The van der Waals surface area contributed by atoms with Crippen molar-refractivity contribution >= 4 is 17.5 Å². The highest BCUT2D eigenvalue weighted by Crippen LogP contribution is 2.33. The zero-order valence-corrected chi connectivity index (χ0v) is 14.8. The number of hydrogen-bond donors (Lipinski definition) is 2. The van der Waals surface area contributed by atoms with Gasteiger partial charge in [-0.2, -0.15) is 0 Å². The normalized spacial score (nSPS) is 20.1. The number of benzene rings is 1. The fraction of sp³-hybridized carbons (Fsp3) is 0.389. The average molecular weight is 361 g/mol. The predicted molar refractivity (Wildman–Crippen MR) is 96.7 cm³/mol. The second kappa shape index (κ2) is 7.80. The maximum Gasteiger partial charge on any atom is 0.254 e. The van der Waals surface area contributed by atoms with Gasteiger partial charge in [-0.3, -0.25) is 4.79 Å². The first-order chi connectivity index (χ1) is 12.1. The van der Waals surface area contributed by atoms with Gasteiger partial charge in [0, 0.05) is 24.5 Å². The van der Waals surface area contributed by atoms with E-state index in [-0.39, 0.29) is 18.0 Å². The molecule has 0 atom stereocenters. The van der Waals surface area contributed by atoms with E-state index in [1.807, 2.05) is 0 Å². The van der Waals surface area contributed by atoms with Crippen molar-refractivity contribution in [3.8, 4) is 17.1 Å². The molecule has 0 unspecified atom stereocenters. The van der Waals surface area contributed by atoms with E-state index in [1.165, 1.54) is 12.4 Å². The van der Waals surface area contributed by atoms with E-state index in [4.69, 9.17) is 22.1 Å². The van der Waals surface area contributed by atoms with Crippen LogP contribution in [0.4, 0.5) is 0 Å². The van der Waals surface area contributed by atoms with E-state index in [0.29, 0.717) is 27.7 Å². The maximum absolute atomic E-state index is 12.4. The van der Waals surface area contributed by atoms with Gasteiger partial charge in [0.1, 0.15) is 5.75 Å². The van der Waals surface area contributed by atoms with Crippen molar-refractivity contribution in [1.29, 1.82) is 0 Å². The number of carbonyl (C=O) groups is 1. The summed E-state index contributed by atoms with van der Waals surface area (Å²) in [6.45, 7) is 0. The van der Waals surface area contributed by atoms with Crippen LogP contribution in [0.2, 0.25) is 5.02 Å². The number of ether oxygens (including phenoxy) is 1. The summed E-state index contributed by atoms with van der Waals surface area (Å²) in [6.07, 6.45) is 6.70. The number of aromatic nitrogens is 2. The molecule has 1 saturated carbocycles. The number of methoxy groups -OCH3 is 1. The van der Waals surface area contributed by atoms with Crippen LogP contribution >= 0.6 is 11.6 Å². The van der Waals surface area contributed by atoms with E-state index in [1.54, 1.807) is 25.3 Å². The predicted octanol–water partition coefficient (Wildman–Crippen LogP) is 2.81. The van der Waals surface area contributed by atoms with Gasteiger partial charge in [0.05, 0.1) is 23.3 Å². The first-order valence-electron chi connectivity index (χ1n) is 8.30. The van der Waals surface area contributed by atoms with Crippen LogP contribution in [0, 0.1) is 0 Å². The molecule has 0 spiro atoms. The van der Waals surface area contributed by atoms with Crippen LogP contribution < -0.4 is 15.8 Å². The molecule has 0 aliphatic heterocycles. The summed E-state index contributed by atoms with van der Waals surface area (Å²) in [7, 11) is 1.56. The fourth-order valence-electron chi connectivity index (χ4n) is 3.00. The Morgan fingerprint density at radius 2 is 1.92 bits per heavy atom. The highest BCUT2D eigenvalue weighted by molar-refractivity contribution is 6.33. The minimum absolute atomic E-state index is 0.163. The van der Waals surface area contributed by atoms with E-state index in [2.05, 4.69) is 15.3 Å². The lowest BCUT2D eigenvalue weighted by atomic mass is 9.92. The number of carbonyl (C=O) groups excluding carboxylic acids is 1. The minimum Gasteiger partial charge on any atom is -0.496 e. The summed E-state index contributed by atoms with van der Waals surface area (Å²) in [4.78, 5) is 20.9. The summed E-state index contributed by atoms with van der Waals surface area (Å²) in [5.74, 6) is 0.837. The minimum atomic E-state index is -0.168. The lowest BCUT2D eigenvalue weighted by Crippen LogP contribution is -2.40. The Morgan fingerprint density at radius 3 is 2.56 bits per heavy atom. The van der Waals surface area contributed by atoms with Gasteiger partial charge in [0.25, 0.3) is 5.91 Å². The molecule has 0 saturated heterocycles. The van der Waals surface area contributed by atoms with Gasteiger partial charge in [0.2, 0.25) is 0 Å². The van der Waals surface area contributed by atoms with Gasteiger partial charge in [0.15, 0.2) is 5.82 Å². The maximum atomic E-state index is 12.4. The van der Waals surface area contributed by atoms with Crippen LogP contribution in [0.1, 0.15) is 36.0 Å². The summed E-state index contributed by atoms with van der Waals surface area (Å²) >= 11 is 6.24. The Kier molecular flexibility index (Phi) is 5.50. The topological polar surface area (TPSA) is 90.1 Å². The van der Waals surface area contributed by atoms with Crippen LogP contribution in [-0.2, 0) is 0 Å². The molecule has 25 heavy (non-hydrogen) atoms. The molecule has 0 bridgehead atoms. The van der Waals surface area contributed by atoms with Gasteiger partial charge in [-0.15, -0.1) is 0 Å². The molecule has 1 fully saturated rings. The third kappa shape index (κ3) is 4.08. The summed E-state index contributed by atoms with van der Waals surface area (Å²) in [5, 5.41) is 3.52. The highest BCUT2D eigenvalue weighted by atomic mass is 35.5. The number of rotatable bonds is 4. The Bertz CT molecular complexity index is 743. The molecule has 7 heteroatoms. The van der Waals surface area contributed by atoms with E-state index >= 15 is 0 Å². The van der Waals surface area contributed by atoms with Crippen molar-refractivity contribution in [3.63, 3.8) is 0 Å². The molecule has 1 aromatic carbocycles. The molecule has 1 aromatic heterocycles. The Balaban J connectivity index is 1.73. The van der Waals surface area contributed by atoms with E-state index in [9.17, 15) is 4.79 Å². The van der Waals surface area contributed by atoms with Gasteiger partial charge < -0.3 is 15.8 Å². The molecule has 0 radical (unpaired) electrons. The van der Waals surface area contributed by atoms with Crippen LogP contribution in [0.15, 0.2) is 30.6 Å². The SMILES string of the molecule is COc1cccc(Cl)c1-c1ncc(C(=O)NC2CCC(N)CC2)cn1. The highest BCUT2D eigenvalue weighted by Gasteiger charge is 2.21. The lowest BCUT2D eigenvalue weighted by molar-refractivity contribution is 0.0925.